The van der Waals surface area contributed by atoms with Crippen LogP contribution in [0.4, 0.5) is 17.1 Å². The standard InChI is InChI=1S/C54H35NO/c1-2-14-44(15-3-1)55(51-34-43-13-10-19-46(54(43)50-18-7-6-16-47(50)51)42-26-25-36-11-4-5-12-40(36)33-42)45-30-27-38(28-31-45)37-21-23-39(24-22-37)41-29-32-49-48-17-8-9-20-52(48)56-53(49)35-41/h1-35H. The first-order valence-corrected chi connectivity index (χ1v) is 19.2. The molecular weight excluding hydrogens is 679 g/mol. The summed E-state index contributed by atoms with van der Waals surface area (Å²) >= 11 is 0. The van der Waals surface area contributed by atoms with Gasteiger partial charge in [0.1, 0.15) is 11.2 Å². The molecule has 0 saturated carbocycles. The fourth-order valence-corrected chi connectivity index (χ4v) is 8.49. The zero-order chi connectivity index (χ0) is 37.0. The molecule has 0 aliphatic rings. The molecular formula is C54H35NO. The highest BCUT2D eigenvalue weighted by Gasteiger charge is 2.19. The first-order valence-electron chi connectivity index (χ1n) is 19.2. The summed E-state index contributed by atoms with van der Waals surface area (Å²) in [5.74, 6) is 0. The molecule has 0 spiro atoms. The van der Waals surface area contributed by atoms with Gasteiger partial charge in [-0.05, 0) is 115 Å². The summed E-state index contributed by atoms with van der Waals surface area (Å²) in [4.78, 5) is 2.39. The van der Waals surface area contributed by atoms with Gasteiger partial charge in [0.25, 0.3) is 0 Å². The second-order valence-corrected chi connectivity index (χ2v) is 14.5. The molecule has 0 aliphatic carbocycles. The number of hydrogen-bond acceptors (Lipinski definition) is 2. The third-order valence-electron chi connectivity index (χ3n) is 11.2. The Morgan fingerprint density at radius 2 is 0.875 bits per heavy atom. The monoisotopic (exact) mass is 713 g/mol. The maximum absolute atomic E-state index is 6.18. The van der Waals surface area contributed by atoms with Gasteiger partial charge in [0.15, 0.2) is 0 Å². The summed E-state index contributed by atoms with van der Waals surface area (Å²) < 4.78 is 6.18. The number of anilines is 3. The summed E-state index contributed by atoms with van der Waals surface area (Å²) in [5, 5.41) is 9.72. The Morgan fingerprint density at radius 1 is 0.304 bits per heavy atom. The Labute approximate surface area is 325 Å². The van der Waals surface area contributed by atoms with Gasteiger partial charge in [-0.25, -0.2) is 0 Å². The molecule has 0 N–H and O–H groups in total. The third kappa shape index (κ3) is 5.42. The average molecular weight is 714 g/mol. The van der Waals surface area contributed by atoms with Gasteiger partial charge < -0.3 is 9.32 Å². The van der Waals surface area contributed by atoms with Gasteiger partial charge in [0.2, 0.25) is 0 Å². The molecule has 262 valence electrons. The molecule has 0 fully saturated rings. The van der Waals surface area contributed by atoms with E-state index in [9.17, 15) is 0 Å². The lowest BCUT2D eigenvalue weighted by atomic mass is 9.91. The summed E-state index contributed by atoms with van der Waals surface area (Å²) in [5.41, 5.74) is 12.3. The van der Waals surface area contributed by atoms with Gasteiger partial charge >= 0.3 is 0 Å². The highest BCUT2D eigenvalue weighted by molar-refractivity contribution is 6.19. The van der Waals surface area contributed by atoms with Crippen LogP contribution in [0.15, 0.2) is 217 Å². The minimum absolute atomic E-state index is 0.913. The van der Waals surface area contributed by atoms with E-state index in [1.54, 1.807) is 0 Å². The zero-order valence-electron chi connectivity index (χ0n) is 30.6. The maximum atomic E-state index is 6.18. The summed E-state index contributed by atoms with van der Waals surface area (Å²) in [7, 11) is 0. The van der Waals surface area contributed by atoms with Gasteiger partial charge in [-0.3, -0.25) is 0 Å². The minimum atomic E-state index is 0.913. The SMILES string of the molecule is c1ccc(N(c2ccc(-c3ccc(-c4ccc5c(c4)oc4ccccc45)cc3)cc2)c2cc3cccc(-c4ccc5ccccc5c4)c3c3ccccc23)cc1. The number of benzene rings is 10. The Morgan fingerprint density at radius 3 is 1.68 bits per heavy atom. The van der Waals surface area contributed by atoms with Gasteiger partial charge in [-0.15, -0.1) is 0 Å². The molecule has 0 aliphatic heterocycles. The van der Waals surface area contributed by atoms with Crippen molar-refractivity contribution >= 4 is 71.3 Å². The zero-order valence-corrected chi connectivity index (χ0v) is 30.6. The fraction of sp³-hybridized carbons (Fsp3) is 0. The second kappa shape index (κ2) is 13.2. The van der Waals surface area contributed by atoms with Crippen LogP contribution in [0, 0.1) is 0 Å². The van der Waals surface area contributed by atoms with Crippen molar-refractivity contribution in [1.29, 1.82) is 0 Å². The molecule has 0 saturated heterocycles. The van der Waals surface area contributed by atoms with Crippen molar-refractivity contribution in [2.24, 2.45) is 0 Å². The fourth-order valence-electron chi connectivity index (χ4n) is 8.49. The molecule has 0 amide bonds. The Hall–Kier alpha value is -7.42. The minimum Gasteiger partial charge on any atom is -0.456 e. The van der Waals surface area contributed by atoms with Crippen LogP contribution in [0.3, 0.4) is 0 Å². The van der Waals surface area contributed by atoms with Gasteiger partial charge in [-0.2, -0.15) is 0 Å². The molecule has 11 rings (SSSR count). The topological polar surface area (TPSA) is 16.4 Å². The predicted octanol–water partition coefficient (Wildman–Crippen LogP) is 15.5. The third-order valence-corrected chi connectivity index (χ3v) is 11.2. The normalized spacial score (nSPS) is 11.6. The lowest BCUT2D eigenvalue weighted by Gasteiger charge is -2.28. The van der Waals surface area contributed by atoms with Crippen molar-refractivity contribution in [2.75, 3.05) is 4.90 Å². The van der Waals surface area contributed by atoms with Gasteiger partial charge in [0.05, 0.1) is 5.69 Å². The number of nitrogens with zero attached hydrogens (tertiary/aromatic N) is 1. The average Bonchev–Trinajstić information content (AvgIpc) is 3.65. The van der Waals surface area contributed by atoms with Crippen LogP contribution in [0.1, 0.15) is 0 Å². The van der Waals surface area contributed by atoms with Crippen LogP contribution in [-0.2, 0) is 0 Å². The molecule has 0 bridgehead atoms. The van der Waals surface area contributed by atoms with E-state index < -0.39 is 0 Å². The van der Waals surface area contributed by atoms with E-state index in [0.29, 0.717) is 0 Å². The van der Waals surface area contributed by atoms with E-state index in [1.165, 1.54) is 54.6 Å². The number of furan rings is 1. The molecule has 2 nitrogen and oxygen atoms in total. The van der Waals surface area contributed by atoms with Gasteiger partial charge in [0, 0.05) is 27.5 Å². The van der Waals surface area contributed by atoms with E-state index in [4.69, 9.17) is 4.42 Å². The highest BCUT2D eigenvalue weighted by atomic mass is 16.3. The summed E-state index contributed by atoms with van der Waals surface area (Å²) in [6, 6.07) is 76.6. The smallest absolute Gasteiger partial charge is 0.136 e. The van der Waals surface area contributed by atoms with Crippen LogP contribution in [0.2, 0.25) is 0 Å². The van der Waals surface area contributed by atoms with Crippen LogP contribution in [-0.4, -0.2) is 0 Å². The van der Waals surface area contributed by atoms with Crippen molar-refractivity contribution in [3.63, 3.8) is 0 Å². The van der Waals surface area contributed by atoms with Crippen molar-refractivity contribution in [3.8, 4) is 33.4 Å². The van der Waals surface area contributed by atoms with E-state index in [2.05, 4.69) is 205 Å². The van der Waals surface area contributed by atoms with E-state index in [1.807, 2.05) is 12.1 Å². The van der Waals surface area contributed by atoms with E-state index in [0.717, 1.165) is 50.1 Å². The lowest BCUT2D eigenvalue weighted by Crippen LogP contribution is -2.10. The van der Waals surface area contributed by atoms with Crippen LogP contribution in [0.25, 0.3) is 87.6 Å². The Bertz CT molecular complexity index is 3230. The molecule has 1 heterocycles. The first-order chi connectivity index (χ1) is 27.7. The molecule has 56 heavy (non-hydrogen) atoms. The van der Waals surface area contributed by atoms with Crippen LogP contribution >= 0.6 is 0 Å². The number of rotatable bonds is 6. The molecule has 0 atom stereocenters. The Kier molecular flexibility index (Phi) is 7.53. The lowest BCUT2D eigenvalue weighted by molar-refractivity contribution is 0.669. The summed E-state index contributed by atoms with van der Waals surface area (Å²) in [6.07, 6.45) is 0. The van der Waals surface area contributed by atoms with Crippen molar-refractivity contribution in [1.82, 2.24) is 0 Å². The number of fused-ring (bicyclic) bond motifs is 7. The number of hydrogen-bond donors (Lipinski definition) is 0. The van der Waals surface area contributed by atoms with Crippen molar-refractivity contribution in [2.45, 2.75) is 0 Å². The van der Waals surface area contributed by atoms with Crippen LogP contribution < -0.4 is 4.90 Å². The van der Waals surface area contributed by atoms with Gasteiger partial charge in [-0.1, -0.05) is 158 Å². The Balaban J connectivity index is 0.979. The molecule has 0 radical (unpaired) electrons. The molecule has 10 aromatic carbocycles. The number of para-hydroxylation sites is 2. The predicted molar refractivity (Wildman–Crippen MR) is 237 cm³/mol. The quantitative estimate of drug-likeness (QED) is 0.160. The van der Waals surface area contributed by atoms with Crippen LogP contribution in [0.5, 0.6) is 0 Å². The largest absolute Gasteiger partial charge is 0.456 e. The summed E-state index contributed by atoms with van der Waals surface area (Å²) in [6.45, 7) is 0. The molecule has 0 unspecified atom stereocenters. The molecule has 2 heteroatoms. The highest BCUT2D eigenvalue weighted by Crippen LogP contribution is 2.45. The van der Waals surface area contributed by atoms with Crippen molar-refractivity contribution < 1.29 is 4.42 Å². The maximum Gasteiger partial charge on any atom is 0.136 e. The molecule has 11 aromatic rings. The van der Waals surface area contributed by atoms with E-state index >= 15 is 0 Å². The van der Waals surface area contributed by atoms with E-state index in [-0.39, 0.29) is 0 Å². The molecule has 1 aromatic heterocycles. The second-order valence-electron chi connectivity index (χ2n) is 14.5. The van der Waals surface area contributed by atoms with Crippen molar-refractivity contribution in [3.05, 3.63) is 212 Å². The first kappa shape index (κ1) is 32.0.